The second kappa shape index (κ2) is 7.55. The van der Waals surface area contributed by atoms with Gasteiger partial charge in [0.05, 0.1) is 6.61 Å². The summed E-state index contributed by atoms with van der Waals surface area (Å²) >= 11 is 0. The van der Waals surface area contributed by atoms with Crippen LogP contribution in [0.1, 0.15) is 47.8 Å². The van der Waals surface area contributed by atoms with Crippen molar-refractivity contribution in [2.75, 3.05) is 6.61 Å². The van der Waals surface area contributed by atoms with E-state index in [2.05, 4.69) is 72.7 Å². The zero-order chi connectivity index (χ0) is 22.7. The first-order valence-corrected chi connectivity index (χ1v) is 16.6. The molecule has 0 radical (unpaired) electrons. The van der Waals surface area contributed by atoms with Crippen LogP contribution >= 0.6 is 0 Å². The Morgan fingerprint density at radius 3 is 2.23 bits per heavy atom. The van der Waals surface area contributed by atoms with Gasteiger partial charge in [-0.3, -0.25) is 9.36 Å². The number of nitrogens with zero attached hydrogens (tertiary/aromatic N) is 2. The van der Waals surface area contributed by atoms with Gasteiger partial charge in [-0.25, -0.2) is 0 Å². The number of hydrogen-bond donors (Lipinski definition) is 0. The first-order chi connectivity index (χ1) is 13.5. The van der Waals surface area contributed by atoms with E-state index in [1.54, 1.807) is 10.8 Å². The topological polar surface area (TPSA) is 71.8 Å². The van der Waals surface area contributed by atoms with Crippen molar-refractivity contribution in [1.82, 2.24) is 9.55 Å². The van der Waals surface area contributed by atoms with E-state index in [1.807, 2.05) is 0 Å². The predicted octanol–water partition coefficient (Wildman–Crippen LogP) is 4.31. The van der Waals surface area contributed by atoms with Crippen LogP contribution in [0.5, 0.6) is 6.01 Å². The fourth-order valence-corrected chi connectivity index (χ4v) is 5.49. The second-order valence-corrected chi connectivity index (χ2v) is 21.1. The standard InChI is InChI=1S/C21H38N2O5Si2/c1-20(2,3)29(7,8)25-13-14-16(28-30(9,10)21(4,5)6)17-18(26-14)23-12-11-15(24)22-19(23)27-17/h11-12,14,16-18H,13H2,1-10H3/t14-,16-,17+,18-/m1/s1. The molecule has 7 nitrogen and oxygen atoms in total. The summed E-state index contributed by atoms with van der Waals surface area (Å²) in [5, 5.41) is 0.165. The Balaban J connectivity index is 1.87. The van der Waals surface area contributed by atoms with E-state index < -0.39 is 16.6 Å². The molecule has 170 valence electrons. The number of aromatic nitrogens is 2. The lowest BCUT2D eigenvalue weighted by atomic mass is 10.1. The molecular formula is C21H38N2O5Si2. The van der Waals surface area contributed by atoms with Crippen molar-refractivity contribution >= 4 is 16.6 Å². The molecule has 1 saturated heterocycles. The Morgan fingerprint density at radius 2 is 1.67 bits per heavy atom. The van der Waals surface area contributed by atoms with Crippen molar-refractivity contribution in [2.24, 2.45) is 0 Å². The van der Waals surface area contributed by atoms with Gasteiger partial charge >= 0.3 is 6.01 Å². The molecule has 1 aromatic heterocycles. The van der Waals surface area contributed by atoms with Crippen molar-refractivity contribution in [1.29, 1.82) is 0 Å². The van der Waals surface area contributed by atoms with Crippen LogP contribution in [0.25, 0.3) is 0 Å². The highest BCUT2D eigenvalue weighted by molar-refractivity contribution is 6.74. The van der Waals surface area contributed by atoms with Crippen LogP contribution in [0.4, 0.5) is 0 Å². The summed E-state index contributed by atoms with van der Waals surface area (Å²) in [7, 11) is -4.03. The molecule has 0 aromatic carbocycles. The molecule has 2 aliphatic rings. The fraction of sp³-hybridized carbons (Fsp3) is 0.810. The normalized spacial score (nSPS) is 27.0. The van der Waals surface area contributed by atoms with Gasteiger partial charge in [-0.1, -0.05) is 41.5 Å². The van der Waals surface area contributed by atoms with Gasteiger partial charge in [0.15, 0.2) is 29.0 Å². The minimum Gasteiger partial charge on any atom is -0.454 e. The summed E-state index contributed by atoms with van der Waals surface area (Å²) in [5.74, 6) is 0. The molecule has 3 heterocycles. The average Bonchev–Trinajstić information content (AvgIpc) is 3.07. The predicted molar refractivity (Wildman–Crippen MR) is 122 cm³/mol. The van der Waals surface area contributed by atoms with Gasteiger partial charge in [-0.2, -0.15) is 4.98 Å². The highest BCUT2D eigenvalue weighted by Crippen LogP contribution is 2.45. The second-order valence-electron chi connectivity index (χ2n) is 11.5. The van der Waals surface area contributed by atoms with E-state index in [4.69, 9.17) is 18.3 Å². The fourth-order valence-electron chi connectivity index (χ4n) is 3.16. The molecule has 0 N–H and O–H groups in total. The highest BCUT2D eigenvalue weighted by atomic mass is 28.4. The van der Waals surface area contributed by atoms with Gasteiger partial charge in [0, 0.05) is 12.3 Å². The van der Waals surface area contributed by atoms with Crippen molar-refractivity contribution in [3.63, 3.8) is 0 Å². The minimum atomic E-state index is -2.09. The van der Waals surface area contributed by atoms with Crippen molar-refractivity contribution in [3.05, 3.63) is 22.6 Å². The van der Waals surface area contributed by atoms with Gasteiger partial charge in [0.25, 0.3) is 5.56 Å². The smallest absolute Gasteiger partial charge is 0.302 e. The van der Waals surface area contributed by atoms with Crippen LogP contribution in [0.2, 0.25) is 36.3 Å². The SMILES string of the molecule is CC(C)(C)[Si](C)(C)OC[C@H]1O[C@@H]2[C@@H](Oc3nc(=O)ccn32)[C@@H]1O[Si](C)(C)C(C)(C)C. The number of rotatable bonds is 5. The maximum absolute atomic E-state index is 11.7. The summed E-state index contributed by atoms with van der Waals surface area (Å²) < 4.78 is 27.6. The molecule has 0 amide bonds. The zero-order valence-corrected chi connectivity index (χ0v) is 22.1. The van der Waals surface area contributed by atoms with Gasteiger partial charge in [0.1, 0.15) is 12.2 Å². The highest BCUT2D eigenvalue weighted by Gasteiger charge is 2.55. The molecule has 0 saturated carbocycles. The van der Waals surface area contributed by atoms with E-state index >= 15 is 0 Å². The van der Waals surface area contributed by atoms with Crippen LogP contribution in [0, 0.1) is 0 Å². The summed E-state index contributed by atoms with van der Waals surface area (Å²) in [6.07, 6.45) is 0.459. The van der Waals surface area contributed by atoms with E-state index in [0.717, 1.165) is 0 Å². The molecular weight excluding hydrogens is 416 g/mol. The van der Waals surface area contributed by atoms with E-state index in [9.17, 15) is 4.79 Å². The molecule has 30 heavy (non-hydrogen) atoms. The third kappa shape index (κ3) is 4.32. The monoisotopic (exact) mass is 454 g/mol. The van der Waals surface area contributed by atoms with E-state index in [-0.39, 0.29) is 40.2 Å². The van der Waals surface area contributed by atoms with Gasteiger partial charge in [0.2, 0.25) is 0 Å². The van der Waals surface area contributed by atoms with Crippen LogP contribution < -0.4 is 10.3 Å². The van der Waals surface area contributed by atoms with Crippen LogP contribution in [0.15, 0.2) is 17.1 Å². The van der Waals surface area contributed by atoms with Gasteiger partial charge < -0.3 is 18.3 Å². The molecule has 0 aliphatic carbocycles. The maximum Gasteiger partial charge on any atom is 0.302 e. The first kappa shape index (κ1) is 23.7. The zero-order valence-electron chi connectivity index (χ0n) is 20.1. The number of ether oxygens (including phenoxy) is 2. The summed E-state index contributed by atoms with van der Waals surface area (Å²) in [6, 6.07) is 1.73. The lowest BCUT2D eigenvalue weighted by molar-refractivity contribution is -0.0384. The maximum atomic E-state index is 11.7. The quantitative estimate of drug-likeness (QED) is 0.617. The van der Waals surface area contributed by atoms with Crippen LogP contribution in [0.3, 0.4) is 0 Å². The molecule has 0 bridgehead atoms. The summed E-state index contributed by atoms with van der Waals surface area (Å²) in [5.41, 5.74) is -0.319. The van der Waals surface area contributed by atoms with Crippen LogP contribution in [-0.4, -0.2) is 51.1 Å². The molecule has 0 unspecified atom stereocenters. The molecule has 4 atom stereocenters. The lowest BCUT2D eigenvalue weighted by Crippen LogP contribution is -2.51. The Morgan fingerprint density at radius 1 is 1.07 bits per heavy atom. The molecule has 1 aromatic rings. The van der Waals surface area contributed by atoms with Crippen LogP contribution in [-0.2, 0) is 13.6 Å². The van der Waals surface area contributed by atoms with Gasteiger partial charge in [-0.05, 0) is 36.3 Å². The lowest BCUT2D eigenvalue weighted by Gasteiger charge is -2.41. The van der Waals surface area contributed by atoms with Crippen molar-refractivity contribution < 1.29 is 18.3 Å². The number of fused-ring (bicyclic) bond motifs is 3. The van der Waals surface area contributed by atoms with E-state index in [0.29, 0.717) is 12.6 Å². The van der Waals surface area contributed by atoms with Crippen molar-refractivity contribution in [2.45, 2.75) is 102 Å². The Labute approximate surface area is 182 Å². The Hall–Kier alpha value is -1.01. The molecule has 2 aliphatic heterocycles. The number of hydrogen-bond acceptors (Lipinski definition) is 6. The molecule has 0 spiro atoms. The molecule has 1 fully saturated rings. The van der Waals surface area contributed by atoms with E-state index in [1.165, 1.54) is 6.07 Å². The molecule has 9 heteroatoms. The first-order valence-electron chi connectivity index (χ1n) is 10.8. The third-order valence-electron chi connectivity index (χ3n) is 7.26. The summed E-state index contributed by atoms with van der Waals surface area (Å²) in [4.78, 5) is 15.7. The third-order valence-corrected chi connectivity index (χ3v) is 16.2. The van der Waals surface area contributed by atoms with Gasteiger partial charge in [-0.15, -0.1) is 0 Å². The Kier molecular flexibility index (Phi) is 5.95. The molecule has 3 rings (SSSR count). The van der Waals surface area contributed by atoms with Crippen molar-refractivity contribution in [3.8, 4) is 6.01 Å². The summed E-state index contributed by atoms with van der Waals surface area (Å²) in [6.45, 7) is 22.8. The average molecular weight is 455 g/mol. The Bertz CT molecular complexity index is 841. The largest absolute Gasteiger partial charge is 0.454 e. The minimum absolute atomic E-state index is 0.0506.